The lowest BCUT2D eigenvalue weighted by Crippen LogP contribution is -2.29. The third-order valence-corrected chi connectivity index (χ3v) is 3.14. The first kappa shape index (κ1) is 13.1. The molecule has 0 radical (unpaired) electrons. The summed E-state index contributed by atoms with van der Waals surface area (Å²) in [5.74, 6) is 0.0198. The lowest BCUT2D eigenvalue weighted by molar-refractivity contribution is 0.0914. The zero-order chi connectivity index (χ0) is 14.5. The molecule has 1 N–H and O–H groups in total. The summed E-state index contributed by atoms with van der Waals surface area (Å²) in [7, 11) is 0. The molecule has 0 aliphatic heterocycles. The van der Waals surface area contributed by atoms with E-state index in [1.807, 2.05) is 48.5 Å². The predicted molar refractivity (Wildman–Crippen MR) is 78.7 cm³/mol. The molecule has 0 unspecified atom stereocenters. The highest BCUT2D eigenvalue weighted by molar-refractivity contribution is 5.91. The van der Waals surface area contributed by atoms with Crippen LogP contribution in [-0.4, -0.2) is 10.9 Å². The van der Waals surface area contributed by atoms with E-state index < -0.39 is 0 Å². The molecule has 104 valence electrons. The molecular formula is C17H14N2O2. The number of carbonyl (C=O) groups excluding carboxylic acids is 1. The smallest absolute Gasteiger partial charge is 0.287 e. The van der Waals surface area contributed by atoms with Crippen LogP contribution in [0.5, 0.6) is 0 Å². The van der Waals surface area contributed by atoms with Crippen molar-refractivity contribution in [2.24, 2.45) is 0 Å². The number of nitrogens with zero attached hydrogens (tertiary/aromatic N) is 1. The van der Waals surface area contributed by atoms with Crippen molar-refractivity contribution in [1.29, 1.82) is 0 Å². The Kier molecular flexibility index (Phi) is 3.78. The maximum absolute atomic E-state index is 12.2. The van der Waals surface area contributed by atoms with Crippen LogP contribution < -0.4 is 5.32 Å². The van der Waals surface area contributed by atoms with Gasteiger partial charge in [0.15, 0.2) is 5.76 Å². The summed E-state index contributed by atoms with van der Waals surface area (Å²) in [6.07, 6.45) is 3.19. The molecule has 2 aromatic heterocycles. The van der Waals surface area contributed by atoms with Crippen LogP contribution in [0, 0.1) is 0 Å². The summed E-state index contributed by atoms with van der Waals surface area (Å²) < 4.78 is 5.14. The second-order valence-corrected chi connectivity index (χ2v) is 4.55. The van der Waals surface area contributed by atoms with Crippen LogP contribution >= 0.6 is 0 Å². The molecule has 0 saturated carbocycles. The van der Waals surface area contributed by atoms with Gasteiger partial charge in [-0.2, -0.15) is 0 Å². The number of hydrogen-bond acceptors (Lipinski definition) is 3. The minimum atomic E-state index is -0.315. The number of pyridine rings is 1. The molecule has 0 spiro atoms. The third-order valence-electron chi connectivity index (χ3n) is 3.14. The molecular weight excluding hydrogens is 264 g/mol. The molecule has 0 fully saturated rings. The molecule has 0 aliphatic rings. The first-order chi connectivity index (χ1) is 10.3. The molecule has 0 saturated heterocycles. The van der Waals surface area contributed by atoms with Crippen molar-refractivity contribution in [2.45, 2.75) is 6.04 Å². The first-order valence-corrected chi connectivity index (χ1v) is 6.65. The van der Waals surface area contributed by atoms with Crippen molar-refractivity contribution in [3.63, 3.8) is 0 Å². The number of benzene rings is 1. The minimum absolute atomic E-state index is 0.264. The van der Waals surface area contributed by atoms with Gasteiger partial charge in [-0.1, -0.05) is 36.4 Å². The number of nitrogens with one attached hydrogen (secondary N) is 1. The highest BCUT2D eigenvalue weighted by Gasteiger charge is 2.19. The van der Waals surface area contributed by atoms with Crippen LogP contribution in [0.4, 0.5) is 0 Å². The van der Waals surface area contributed by atoms with E-state index in [0.29, 0.717) is 0 Å². The second kappa shape index (κ2) is 6.05. The van der Waals surface area contributed by atoms with Gasteiger partial charge in [0.1, 0.15) is 0 Å². The summed E-state index contributed by atoms with van der Waals surface area (Å²) in [6.45, 7) is 0. The van der Waals surface area contributed by atoms with Crippen molar-refractivity contribution in [1.82, 2.24) is 10.3 Å². The molecule has 4 nitrogen and oxygen atoms in total. The van der Waals surface area contributed by atoms with Crippen LogP contribution in [0.25, 0.3) is 0 Å². The highest BCUT2D eigenvalue weighted by Crippen LogP contribution is 2.20. The summed E-state index contributed by atoms with van der Waals surface area (Å²) in [6, 6.07) is 18.4. The van der Waals surface area contributed by atoms with Crippen molar-refractivity contribution in [2.75, 3.05) is 0 Å². The Balaban J connectivity index is 1.92. The molecule has 1 atom stereocenters. The quantitative estimate of drug-likeness (QED) is 0.797. The molecule has 3 aromatic rings. The van der Waals surface area contributed by atoms with Crippen LogP contribution in [0.3, 0.4) is 0 Å². The average molecular weight is 278 g/mol. The summed E-state index contributed by atoms with van der Waals surface area (Å²) >= 11 is 0. The lowest BCUT2D eigenvalue weighted by Gasteiger charge is -2.18. The molecule has 3 rings (SSSR count). The number of carbonyl (C=O) groups is 1. The first-order valence-electron chi connectivity index (χ1n) is 6.65. The summed E-state index contributed by atoms with van der Waals surface area (Å²) in [5.41, 5.74) is 1.75. The van der Waals surface area contributed by atoms with Crippen molar-refractivity contribution in [3.05, 3.63) is 90.1 Å². The van der Waals surface area contributed by atoms with Gasteiger partial charge in [0, 0.05) is 6.20 Å². The van der Waals surface area contributed by atoms with Gasteiger partial charge < -0.3 is 9.73 Å². The molecule has 0 bridgehead atoms. The van der Waals surface area contributed by atoms with Crippen LogP contribution in [0.1, 0.15) is 27.9 Å². The number of rotatable bonds is 4. The van der Waals surface area contributed by atoms with Gasteiger partial charge in [-0.05, 0) is 29.8 Å². The number of amides is 1. The van der Waals surface area contributed by atoms with E-state index in [-0.39, 0.29) is 17.7 Å². The fourth-order valence-corrected chi connectivity index (χ4v) is 2.13. The fourth-order valence-electron chi connectivity index (χ4n) is 2.13. The van der Waals surface area contributed by atoms with E-state index >= 15 is 0 Å². The van der Waals surface area contributed by atoms with Crippen LogP contribution in [0.2, 0.25) is 0 Å². The van der Waals surface area contributed by atoms with Crippen LogP contribution in [0.15, 0.2) is 77.5 Å². The average Bonchev–Trinajstić information content (AvgIpc) is 3.09. The van der Waals surface area contributed by atoms with E-state index in [4.69, 9.17) is 4.42 Å². The Morgan fingerprint density at radius 3 is 2.48 bits per heavy atom. The number of furan rings is 1. The van der Waals surface area contributed by atoms with Gasteiger partial charge in [-0.25, -0.2) is 0 Å². The SMILES string of the molecule is O=C(N[C@@H](c1ccccc1)c1ccccn1)c1ccco1. The van der Waals surface area contributed by atoms with Crippen molar-refractivity contribution in [3.8, 4) is 0 Å². The number of hydrogen-bond donors (Lipinski definition) is 1. The molecule has 4 heteroatoms. The standard InChI is InChI=1S/C17H14N2O2/c20-17(15-10-6-12-21-15)19-16(13-7-2-1-3-8-13)14-9-4-5-11-18-14/h1-12,16H,(H,19,20)/t16-/m0/s1. The Morgan fingerprint density at radius 1 is 1.00 bits per heavy atom. The van der Waals surface area contributed by atoms with Gasteiger partial charge in [-0.15, -0.1) is 0 Å². The van der Waals surface area contributed by atoms with E-state index in [2.05, 4.69) is 10.3 Å². The van der Waals surface area contributed by atoms with E-state index in [1.54, 1.807) is 18.3 Å². The largest absolute Gasteiger partial charge is 0.459 e. The molecule has 1 aromatic carbocycles. The Labute approximate surface area is 122 Å². The van der Waals surface area contributed by atoms with Gasteiger partial charge in [0.05, 0.1) is 18.0 Å². The monoisotopic (exact) mass is 278 g/mol. The topological polar surface area (TPSA) is 55.1 Å². The Morgan fingerprint density at radius 2 is 1.81 bits per heavy atom. The van der Waals surface area contributed by atoms with E-state index in [1.165, 1.54) is 6.26 Å². The lowest BCUT2D eigenvalue weighted by atomic mass is 10.0. The molecule has 2 heterocycles. The summed E-state index contributed by atoms with van der Waals surface area (Å²) in [5, 5.41) is 2.96. The normalized spacial score (nSPS) is 11.8. The highest BCUT2D eigenvalue weighted by atomic mass is 16.3. The zero-order valence-electron chi connectivity index (χ0n) is 11.3. The van der Waals surface area contributed by atoms with Crippen molar-refractivity contribution < 1.29 is 9.21 Å². The van der Waals surface area contributed by atoms with E-state index in [9.17, 15) is 4.79 Å². The Hall–Kier alpha value is -2.88. The van der Waals surface area contributed by atoms with Crippen molar-refractivity contribution >= 4 is 5.91 Å². The van der Waals surface area contributed by atoms with Gasteiger partial charge in [0.25, 0.3) is 5.91 Å². The Bertz CT molecular complexity index is 655. The zero-order valence-corrected chi connectivity index (χ0v) is 11.3. The maximum atomic E-state index is 12.2. The van der Waals surface area contributed by atoms with Gasteiger partial charge >= 0.3 is 0 Å². The van der Waals surface area contributed by atoms with Gasteiger partial charge in [-0.3, -0.25) is 9.78 Å². The number of aromatic nitrogens is 1. The van der Waals surface area contributed by atoms with Crippen LogP contribution in [-0.2, 0) is 0 Å². The predicted octanol–water partition coefficient (Wildman–Crippen LogP) is 3.19. The summed E-state index contributed by atoms with van der Waals surface area (Å²) in [4.78, 5) is 16.6. The van der Waals surface area contributed by atoms with Gasteiger partial charge in [0.2, 0.25) is 0 Å². The molecule has 1 amide bonds. The fraction of sp³-hybridized carbons (Fsp3) is 0.0588. The minimum Gasteiger partial charge on any atom is -0.459 e. The molecule has 21 heavy (non-hydrogen) atoms. The maximum Gasteiger partial charge on any atom is 0.287 e. The van der Waals surface area contributed by atoms with E-state index in [0.717, 1.165) is 11.3 Å². The third kappa shape index (κ3) is 3.00. The molecule has 0 aliphatic carbocycles. The second-order valence-electron chi connectivity index (χ2n) is 4.55.